The van der Waals surface area contributed by atoms with Gasteiger partial charge in [-0.3, -0.25) is 0 Å². The molecule has 0 saturated heterocycles. The molecule has 1 aromatic rings. The average molecular weight is 169 g/mol. The number of nitrogens with zero attached hydrogens (tertiary/aromatic N) is 2. The van der Waals surface area contributed by atoms with E-state index in [4.69, 9.17) is 0 Å². The zero-order valence-corrected chi connectivity index (χ0v) is 7.43. The van der Waals surface area contributed by atoms with Crippen LogP contribution < -0.4 is 5.32 Å². The maximum absolute atomic E-state index is 13.3. The van der Waals surface area contributed by atoms with Gasteiger partial charge in [0.05, 0.1) is 0 Å². The Morgan fingerprint density at radius 2 is 2.17 bits per heavy atom. The molecular weight excluding hydrogens is 157 g/mol. The topological polar surface area (TPSA) is 37.8 Å². The lowest BCUT2D eigenvalue weighted by atomic mass is 10.1. The highest BCUT2D eigenvalue weighted by Crippen LogP contribution is 2.20. The van der Waals surface area contributed by atoms with E-state index in [1.807, 2.05) is 0 Å². The summed E-state index contributed by atoms with van der Waals surface area (Å²) in [5.74, 6) is 0.833. The Kier molecular flexibility index (Phi) is 2.26. The van der Waals surface area contributed by atoms with Crippen molar-refractivity contribution in [1.82, 2.24) is 9.97 Å². The van der Waals surface area contributed by atoms with E-state index in [2.05, 4.69) is 15.3 Å². The minimum absolute atomic E-state index is 0.203. The van der Waals surface area contributed by atoms with Gasteiger partial charge in [-0.1, -0.05) is 0 Å². The predicted octanol–water partition coefficient (Wildman–Crippen LogP) is 1.72. The summed E-state index contributed by atoms with van der Waals surface area (Å²) >= 11 is 0. The van der Waals surface area contributed by atoms with Gasteiger partial charge < -0.3 is 5.32 Å². The maximum atomic E-state index is 13.3. The van der Waals surface area contributed by atoms with E-state index in [0.717, 1.165) is 0 Å². The molecule has 0 saturated carbocycles. The molecule has 1 N–H and O–H groups in total. The first-order valence-corrected chi connectivity index (χ1v) is 3.74. The third-order valence-corrected chi connectivity index (χ3v) is 1.44. The van der Waals surface area contributed by atoms with E-state index in [9.17, 15) is 4.39 Å². The van der Waals surface area contributed by atoms with Crippen LogP contribution in [0.3, 0.4) is 0 Å². The smallest absolute Gasteiger partial charge is 0.167 e. The molecule has 1 rings (SSSR count). The van der Waals surface area contributed by atoms with Crippen molar-refractivity contribution in [3.63, 3.8) is 0 Å². The van der Waals surface area contributed by atoms with Crippen molar-refractivity contribution in [3.05, 3.63) is 18.1 Å². The molecule has 0 aliphatic carbocycles. The quantitative estimate of drug-likeness (QED) is 0.732. The number of halogens is 1. The van der Waals surface area contributed by atoms with Crippen molar-refractivity contribution in [1.29, 1.82) is 0 Å². The van der Waals surface area contributed by atoms with E-state index in [1.165, 1.54) is 20.0 Å². The lowest BCUT2D eigenvalue weighted by Crippen LogP contribution is -2.14. The molecular formula is C8H12FN3. The molecule has 0 amide bonds. The summed E-state index contributed by atoms with van der Waals surface area (Å²) in [7, 11) is 1.73. The average Bonchev–Trinajstić information content (AvgIpc) is 2.03. The van der Waals surface area contributed by atoms with Gasteiger partial charge in [-0.15, -0.1) is 0 Å². The van der Waals surface area contributed by atoms with Crippen LogP contribution in [0, 0.1) is 0 Å². The van der Waals surface area contributed by atoms with Crippen LogP contribution in [0.25, 0.3) is 0 Å². The second-order valence-corrected chi connectivity index (χ2v) is 2.99. The molecule has 1 aromatic heterocycles. The fourth-order valence-electron chi connectivity index (χ4n) is 0.784. The fraction of sp³-hybridized carbons (Fsp3) is 0.500. The normalized spacial score (nSPS) is 11.3. The Morgan fingerprint density at radius 3 is 2.67 bits per heavy atom. The molecule has 0 fully saturated rings. The summed E-state index contributed by atoms with van der Waals surface area (Å²) < 4.78 is 13.3. The molecule has 0 bridgehead atoms. The van der Waals surface area contributed by atoms with Gasteiger partial charge in [0.25, 0.3) is 0 Å². The Bertz CT molecular complexity index is 267. The van der Waals surface area contributed by atoms with E-state index >= 15 is 0 Å². The number of hydrogen-bond acceptors (Lipinski definition) is 3. The number of rotatable bonds is 2. The molecule has 0 atom stereocenters. The lowest BCUT2D eigenvalue weighted by molar-refractivity contribution is 0.206. The number of nitrogens with one attached hydrogen (secondary N) is 1. The van der Waals surface area contributed by atoms with Gasteiger partial charge in [0.2, 0.25) is 0 Å². The molecule has 0 unspecified atom stereocenters. The van der Waals surface area contributed by atoms with Crippen LogP contribution in [0.15, 0.2) is 12.3 Å². The first-order valence-electron chi connectivity index (χ1n) is 3.74. The van der Waals surface area contributed by atoms with Crippen molar-refractivity contribution in [2.75, 3.05) is 12.4 Å². The molecule has 0 spiro atoms. The summed E-state index contributed by atoms with van der Waals surface area (Å²) in [5.41, 5.74) is -1.48. The van der Waals surface area contributed by atoms with Gasteiger partial charge in [-0.25, -0.2) is 14.4 Å². The van der Waals surface area contributed by atoms with Crippen molar-refractivity contribution in [2.45, 2.75) is 19.5 Å². The maximum Gasteiger partial charge on any atom is 0.167 e. The number of aromatic nitrogens is 2. The zero-order valence-electron chi connectivity index (χ0n) is 7.43. The van der Waals surface area contributed by atoms with Crippen LogP contribution in [0.1, 0.15) is 19.7 Å². The van der Waals surface area contributed by atoms with Gasteiger partial charge in [0.15, 0.2) is 11.5 Å². The monoisotopic (exact) mass is 169 g/mol. The van der Waals surface area contributed by atoms with Crippen molar-refractivity contribution in [2.24, 2.45) is 0 Å². The van der Waals surface area contributed by atoms with E-state index < -0.39 is 5.67 Å². The molecule has 0 aliphatic rings. The van der Waals surface area contributed by atoms with Gasteiger partial charge >= 0.3 is 0 Å². The summed E-state index contributed by atoms with van der Waals surface area (Å²) in [6.07, 6.45) is 1.54. The van der Waals surface area contributed by atoms with Crippen LogP contribution in [-0.2, 0) is 5.67 Å². The van der Waals surface area contributed by atoms with Crippen molar-refractivity contribution in [3.8, 4) is 0 Å². The van der Waals surface area contributed by atoms with Gasteiger partial charge in [0.1, 0.15) is 5.82 Å². The molecule has 0 aromatic carbocycles. The highest BCUT2D eigenvalue weighted by atomic mass is 19.1. The highest BCUT2D eigenvalue weighted by molar-refractivity contribution is 5.32. The number of hydrogen-bond donors (Lipinski definition) is 1. The predicted molar refractivity (Wildman–Crippen MR) is 45.7 cm³/mol. The summed E-state index contributed by atoms with van der Waals surface area (Å²) in [6.45, 7) is 2.86. The third-order valence-electron chi connectivity index (χ3n) is 1.44. The summed E-state index contributed by atoms with van der Waals surface area (Å²) in [6, 6.07) is 1.69. The van der Waals surface area contributed by atoms with Gasteiger partial charge in [-0.05, 0) is 19.9 Å². The fourth-order valence-corrected chi connectivity index (χ4v) is 0.784. The number of anilines is 1. The largest absolute Gasteiger partial charge is 0.373 e. The molecule has 0 aliphatic heterocycles. The van der Waals surface area contributed by atoms with E-state index in [1.54, 1.807) is 13.1 Å². The van der Waals surface area contributed by atoms with Crippen LogP contribution in [0.2, 0.25) is 0 Å². The first-order chi connectivity index (χ1) is 5.54. The van der Waals surface area contributed by atoms with Gasteiger partial charge in [0, 0.05) is 13.2 Å². The van der Waals surface area contributed by atoms with E-state index in [-0.39, 0.29) is 5.82 Å². The minimum Gasteiger partial charge on any atom is -0.373 e. The molecule has 12 heavy (non-hydrogen) atoms. The summed E-state index contributed by atoms with van der Waals surface area (Å²) in [4.78, 5) is 7.80. The van der Waals surface area contributed by atoms with E-state index in [0.29, 0.717) is 5.82 Å². The second-order valence-electron chi connectivity index (χ2n) is 2.99. The summed E-state index contributed by atoms with van der Waals surface area (Å²) in [5, 5.41) is 2.82. The second kappa shape index (κ2) is 3.05. The van der Waals surface area contributed by atoms with Crippen LogP contribution in [0.5, 0.6) is 0 Å². The highest BCUT2D eigenvalue weighted by Gasteiger charge is 2.22. The van der Waals surface area contributed by atoms with Crippen LogP contribution in [-0.4, -0.2) is 17.0 Å². The SMILES string of the molecule is CNc1ccnc(C(C)(C)F)n1. The third kappa shape index (κ3) is 1.90. The minimum atomic E-state index is -1.48. The Morgan fingerprint density at radius 1 is 1.50 bits per heavy atom. The molecule has 1 heterocycles. The number of alkyl halides is 1. The van der Waals surface area contributed by atoms with Gasteiger partial charge in [-0.2, -0.15) is 0 Å². The molecule has 66 valence electrons. The molecule has 4 heteroatoms. The Labute approximate surface area is 71.0 Å². The zero-order chi connectivity index (χ0) is 9.19. The van der Waals surface area contributed by atoms with Crippen LogP contribution in [0.4, 0.5) is 10.2 Å². The van der Waals surface area contributed by atoms with Crippen LogP contribution >= 0.6 is 0 Å². The lowest BCUT2D eigenvalue weighted by Gasteiger charge is -2.12. The van der Waals surface area contributed by atoms with Crippen molar-refractivity contribution >= 4 is 5.82 Å². The Hall–Kier alpha value is -1.19. The Balaban J connectivity index is 3.02. The standard InChI is InChI=1S/C8H12FN3/c1-8(2,9)7-11-5-4-6(10-3)12-7/h4-5H,1-3H3,(H,10,11,12). The molecule has 3 nitrogen and oxygen atoms in total. The van der Waals surface area contributed by atoms with Crippen molar-refractivity contribution < 1.29 is 4.39 Å². The first kappa shape index (κ1) is 8.90. The molecule has 0 radical (unpaired) electrons.